The van der Waals surface area contributed by atoms with Crippen molar-refractivity contribution in [1.29, 1.82) is 0 Å². The lowest BCUT2D eigenvalue weighted by Crippen LogP contribution is -2.00. The number of aliphatic carboxylic acids is 1. The molecule has 0 bridgehead atoms. The summed E-state index contributed by atoms with van der Waals surface area (Å²) in [5, 5.41) is 9.06. The number of allylic oxidation sites excluding steroid dienone is 1. The van der Waals surface area contributed by atoms with Crippen LogP contribution in [0.3, 0.4) is 0 Å². The number of carboxylic acids is 1. The first kappa shape index (κ1) is 18.0. The van der Waals surface area contributed by atoms with E-state index in [2.05, 4.69) is 0 Å². The van der Waals surface area contributed by atoms with Crippen LogP contribution < -0.4 is 4.74 Å². The van der Waals surface area contributed by atoms with Crippen molar-refractivity contribution in [3.05, 3.63) is 64.4 Å². The van der Waals surface area contributed by atoms with Crippen LogP contribution in [0.2, 0.25) is 0 Å². The molecular formula is C20H20O3S2. The molecule has 25 heavy (non-hydrogen) atoms. The van der Waals surface area contributed by atoms with E-state index >= 15 is 0 Å². The third kappa shape index (κ3) is 5.31. The second-order valence-corrected chi connectivity index (χ2v) is 8.12. The zero-order chi connectivity index (χ0) is 17.5. The third-order valence-electron chi connectivity index (χ3n) is 3.77. The molecule has 2 aromatic carbocycles. The van der Waals surface area contributed by atoms with Gasteiger partial charge in [0.1, 0.15) is 11.5 Å². The molecule has 1 N–H and O–H groups in total. The van der Waals surface area contributed by atoms with E-state index in [4.69, 9.17) is 9.84 Å². The normalized spacial score (nSPS) is 14.2. The summed E-state index contributed by atoms with van der Waals surface area (Å²) in [6, 6.07) is 17.6. The van der Waals surface area contributed by atoms with Gasteiger partial charge in [-0.15, -0.1) is 23.5 Å². The lowest BCUT2D eigenvalue weighted by Gasteiger charge is -2.18. The number of hydrogen-bond donors (Lipinski definition) is 1. The van der Waals surface area contributed by atoms with Gasteiger partial charge in [0, 0.05) is 10.7 Å². The van der Waals surface area contributed by atoms with E-state index in [-0.39, 0.29) is 6.42 Å². The molecule has 3 nitrogen and oxygen atoms in total. The minimum atomic E-state index is -0.757. The van der Waals surface area contributed by atoms with Crippen LogP contribution >= 0.6 is 23.5 Å². The Hall–Kier alpha value is -1.85. The Morgan fingerprint density at radius 1 is 0.920 bits per heavy atom. The van der Waals surface area contributed by atoms with Gasteiger partial charge in [-0.3, -0.25) is 4.79 Å². The minimum absolute atomic E-state index is 0.155. The number of carboxylic acid groups (broad SMARTS) is 1. The molecule has 0 amide bonds. The highest BCUT2D eigenvalue weighted by Crippen LogP contribution is 2.42. The molecule has 1 fully saturated rings. The molecule has 1 saturated heterocycles. The number of hydrogen-bond acceptors (Lipinski definition) is 4. The quantitative estimate of drug-likeness (QED) is 0.686. The largest absolute Gasteiger partial charge is 0.481 e. The summed E-state index contributed by atoms with van der Waals surface area (Å²) in [6.07, 6.45) is 1.92. The Morgan fingerprint density at radius 2 is 1.56 bits per heavy atom. The van der Waals surface area contributed by atoms with Gasteiger partial charge >= 0.3 is 5.97 Å². The predicted octanol–water partition coefficient (Wildman–Crippen LogP) is 5.88. The lowest BCUT2D eigenvalue weighted by atomic mass is 10.0. The zero-order valence-electron chi connectivity index (χ0n) is 13.8. The Morgan fingerprint density at radius 3 is 2.20 bits per heavy atom. The van der Waals surface area contributed by atoms with Crippen molar-refractivity contribution in [3.63, 3.8) is 0 Å². The molecule has 0 atom stereocenters. The molecule has 3 rings (SSSR count). The molecule has 130 valence electrons. The first-order valence-electron chi connectivity index (χ1n) is 8.26. The van der Waals surface area contributed by atoms with Crippen LogP contribution in [-0.2, 0) is 4.79 Å². The van der Waals surface area contributed by atoms with Gasteiger partial charge in [-0.2, -0.15) is 0 Å². The van der Waals surface area contributed by atoms with Gasteiger partial charge in [0.2, 0.25) is 0 Å². The van der Waals surface area contributed by atoms with Crippen molar-refractivity contribution >= 4 is 35.1 Å². The first-order valence-corrected chi connectivity index (χ1v) is 10.2. The molecule has 0 spiro atoms. The van der Waals surface area contributed by atoms with Crippen molar-refractivity contribution in [3.8, 4) is 11.5 Å². The summed E-state index contributed by atoms with van der Waals surface area (Å²) in [5.41, 5.74) is 2.22. The fourth-order valence-electron chi connectivity index (χ4n) is 2.55. The van der Waals surface area contributed by atoms with Crippen molar-refractivity contribution in [2.75, 3.05) is 11.5 Å². The molecular weight excluding hydrogens is 352 g/mol. The maximum atomic E-state index is 11.0. The van der Waals surface area contributed by atoms with Crippen LogP contribution in [0.5, 0.6) is 11.5 Å². The van der Waals surface area contributed by atoms with Crippen LogP contribution in [0.4, 0.5) is 0 Å². The minimum Gasteiger partial charge on any atom is -0.481 e. The molecule has 0 saturated carbocycles. The average molecular weight is 373 g/mol. The fraction of sp³-hybridized carbons (Fsp3) is 0.250. The summed E-state index contributed by atoms with van der Waals surface area (Å²) < 4.78 is 7.10. The molecule has 1 aliphatic heterocycles. The smallest absolute Gasteiger partial charge is 0.303 e. The lowest BCUT2D eigenvalue weighted by molar-refractivity contribution is -0.136. The van der Waals surface area contributed by atoms with Gasteiger partial charge in [-0.05, 0) is 59.7 Å². The van der Waals surface area contributed by atoms with Gasteiger partial charge in [0.05, 0.1) is 0 Å². The summed E-state index contributed by atoms with van der Waals surface area (Å²) in [7, 11) is 0. The van der Waals surface area contributed by atoms with Gasteiger partial charge in [-0.25, -0.2) is 0 Å². The van der Waals surface area contributed by atoms with Crippen LogP contribution in [0.15, 0.2) is 58.8 Å². The zero-order valence-corrected chi connectivity index (χ0v) is 15.4. The molecule has 0 aromatic heterocycles. The van der Waals surface area contributed by atoms with Crippen LogP contribution in [0, 0.1) is 0 Å². The first-order chi connectivity index (χ1) is 12.2. The molecule has 0 radical (unpaired) electrons. The second kappa shape index (κ2) is 9.02. The van der Waals surface area contributed by atoms with Gasteiger partial charge in [0.25, 0.3) is 0 Å². The van der Waals surface area contributed by atoms with E-state index < -0.39 is 5.97 Å². The Balaban J connectivity index is 1.79. The summed E-state index contributed by atoms with van der Waals surface area (Å²) >= 11 is 3.69. The third-order valence-corrected chi connectivity index (χ3v) is 6.48. The SMILES string of the molecule is O=C(O)CCC(=C1SCCCS1)c1ccc(Oc2ccccc2)cc1. The number of carbonyl (C=O) groups is 1. The number of rotatable bonds is 6. The monoisotopic (exact) mass is 372 g/mol. The summed E-state index contributed by atoms with van der Waals surface area (Å²) in [5.74, 6) is 3.04. The summed E-state index contributed by atoms with van der Waals surface area (Å²) in [4.78, 5) is 11.0. The van der Waals surface area contributed by atoms with E-state index in [0.29, 0.717) is 6.42 Å². The van der Waals surface area contributed by atoms with Gasteiger partial charge in [0.15, 0.2) is 0 Å². The van der Waals surface area contributed by atoms with Crippen molar-refractivity contribution < 1.29 is 14.6 Å². The Bertz CT molecular complexity index is 731. The van der Waals surface area contributed by atoms with Crippen molar-refractivity contribution in [1.82, 2.24) is 0 Å². The van der Waals surface area contributed by atoms with Crippen LogP contribution in [0.25, 0.3) is 5.57 Å². The molecule has 1 heterocycles. The topological polar surface area (TPSA) is 46.5 Å². The maximum absolute atomic E-state index is 11.0. The van der Waals surface area contributed by atoms with Crippen molar-refractivity contribution in [2.24, 2.45) is 0 Å². The molecule has 2 aromatic rings. The van der Waals surface area contributed by atoms with Crippen LogP contribution in [0.1, 0.15) is 24.8 Å². The molecule has 0 aliphatic carbocycles. The fourth-order valence-corrected chi connectivity index (χ4v) is 5.30. The van der Waals surface area contributed by atoms with E-state index in [0.717, 1.165) is 34.1 Å². The van der Waals surface area contributed by atoms with Gasteiger partial charge < -0.3 is 9.84 Å². The number of benzene rings is 2. The highest BCUT2D eigenvalue weighted by atomic mass is 32.2. The van der Waals surface area contributed by atoms with Crippen molar-refractivity contribution in [2.45, 2.75) is 19.3 Å². The standard InChI is InChI=1S/C20H20O3S2/c21-19(22)12-11-18(20-24-13-4-14-25-20)15-7-9-17(10-8-15)23-16-5-2-1-3-6-16/h1-3,5-10H,4,11-14H2,(H,21,22). The van der Waals surface area contributed by atoms with E-state index in [9.17, 15) is 4.79 Å². The highest BCUT2D eigenvalue weighted by molar-refractivity contribution is 8.23. The second-order valence-electron chi connectivity index (χ2n) is 5.65. The molecule has 0 unspecified atom stereocenters. The Labute approximate surface area is 156 Å². The molecule has 1 aliphatic rings. The Kier molecular flexibility index (Phi) is 6.48. The average Bonchev–Trinajstić information content (AvgIpc) is 2.65. The van der Waals surface area contributed by atoms with E-state index in [1.165, 1.54) is 10.7 Å². The number of ether oxygens (including phenoxy) is 1. The predicted molar refractivity (Wildman–Crippen MR) is 106 cm³/mol. The van der Waals surface area contributed by atoms with E-state index in [1.807, 2.05) is 78.1 Å². The highest BCUT2D eigenvalue weighted by Gasteiger charge is 2.15. The molecule has 5 heteroatoms. The summed E-state index contributed by atoms with van der Waals surface area (Å²) in [6.45, 7) is 0. The number of para-hydroxylation sites is 1. The van der Waals surface area contributed by atoms with Crippen LogP contribution in [-0.4, -0.2) is 22.6 Å². The maximum Gasteiger partial charge on any atom is 0.303 e. The van der Waals surface area contributed by atoms with Gasteiger partial charge in [-0.1, -0.05) is 30.3 Å². The van der Waals surface area contributed by atoms with E-state index in [1.54, 1.807) is 0 Å². The number of thioether (sulfide) groups is 2.